The summed E-state index contributed by atoms with van der Waals surface area (Å²) in [7, 11) is 1.58. The number of aromatic nitrogens is 1. The van der Waals surface area contributed by atoms with Crippen molar-refractivity contribution in [3.8, 4) is 5.88 Å². The van der Waals surface area contributed by atoms with E-state index >= 15 is 0 Å². The van der Waals surface area contributed by atoms with Crippen LogP contribution in [0.4, 0.5) is 0 Å². The fourth-order valence-corrected chi connectivity index (χ4v) is 4.18. The Labute approximate surface area is 165 Å². The van der Waals surface area contributed by atoms with E-state index in [4.69, 9.17) is 4.74 Å². The third kappa shape index (κ3) is 4.18. The molecule has 1 unspecified atom stereocenters. The number of nitrogens with zero attached hydrogens (tertiary/aromatic N) is 2. The van der Waals surface area contributed by atoms with Gasteiger partial charge in [-0.2, -0.15) is 0 Å². The quantitative estimate of drug-likeness (QED) is 0.801. The van der Waals surface area contributed by atoms with Crippen molar-refractivity contribution in [1.29, 1.82) is 0 Å². The summed E-state index contributed by atoms with van der Waals surface area (Å²) >= 11 is 0. The number of ether oxygens (including phenoxy) is 1. The predicted molar refractivity (Wildman–Crippen MR) is 106 cm³/mol. The lowest BCUT2D eigenvalue weighted by molar-refractivity contribution is -0.124. The maximum absolute atomic E-state index is 12.8. The topological polar surface area (TPSA) is 74.7 Å². The zero-order chi connectivity index (χ0) is 19.5. The summed E-state index contributed by atoms with van der Waals surface area (Å²) in [4.78, 5) is 19.3. The molecule has 6 nitrogen and oxygen atoms in total. The molecule has 1 aliphatic carbocycles. The molecule has 4 rings (SSSR count). The third-order valence-electron chi connectivity index (χ3n) is 5.84. The first-order valence-electron chi connectivity index (χ1n) is 9.89. The Morgan fingerprint density at radius 2 is 2.07 bits per heavy atom. The summed E-state index contributed by atoms with van der Waals surface area (Å²) < 4.78 is 5.13. The molecule has 1 aromatic heterocycles. The van der Waals surface area contributed by atoms with Gasteiger partial charge in [0.1, 0.15) is 0 Å². The first-order valence-corrected chi connectivity index (χ1v) is 9.89. The highest BCUT2D eigenvalue weighted by atomic mass is 16.5. The molecule has 0 radical (unpaired) electrons. The van der Waals surface area contributed by atoms with Crippen molar-refractivity contribution < 1.29 is 14.6 Å². The minimum atomic E-state index is -0.269. The number of nitrogens with one attached hydrogen (secondary N) is 1. The summed E-state index contributed by atoms with van der Waals surface area (Å²) in [6, 6.07) is 12.1. The summed E-state index contributed by atoms with van der Waals surface area (Å²) in [5.74, 6) is 0.798. The number of hydrogen-bond donors (Lipinski definition) is 2. The fourth-order valence-electron chi connectivity index (χ4n) is 4.18. The molecule has 148 valence electrons. The van der Waals surface area contributed by atoms with E-state index < -0.39 is 0 Å². The molecule has 1 aliphatic heterocycles. The maximum atomic E-state index is 12.8. The van der Waals surface area contributed by atoms with Gasteiger partial charge in [-0.05, 0) is 41.9 Å². The molecular weight excluding hydrogens is 354 g/mol. The number of aliphatic hydroxyl groups excluding tert-OH is 1. The van der Waals surface area contributed by atoms with Gasteiger partial charge in [-0.1, -0.05) is 30.3 Å². The normalized spacial score (nSPS) is 22.6. The Balaban J connectivity index is 1.41. The summed E-state index contributed by atoms with van der Waals surface area (Å²) in [6.07, 6.45) is 3.87. The number of benzene rings is 1. The first-order chi connectivity index (χ1) is 13.6. The Morgan fingerprint density at radius 1 is 1.29 bits per heavy atom. The Morgan fingerprint density at radius 3 is 2.75 bits per heavy atom. The van der Waals surface area contributed by atoms with Gasteiger partial charge in [0.05, 0.1) is 25.8 Å². The van der Waals surface area contributed by atoms with Gasteiger partial charge in [0.25, 0.3) is 0 Å². The van der Waals surface area contributed by atoms with Crippen LogP contribution in [0.1, 0.15) is 35.6 Å². The van der Waals surface area contributed by atoms with Crippen molar-refractivity contribution >= 4 is 5.91 Å². The second-order valence-electron chi connectivity index (χ2n) is 7.79. The Hall–Kier alpha value is -2.44. The smallest absolute Gasteiger partial charge is 0.234 e. The van der Waals surface area contributed by atoms with Crippen molar-refractivity contribution in [2.24, 2.45) is 5.92 Å². The molecule has 1 aromatic carbocycles. The van der Waals surface area contributed by atoms with E-state index in [0.717, 1.165) is 25.1 Å². The van der Waals surface area contributed by atoms with E-state index in [1.165, 1.54) is 11.1 Å². The van der Waals surface area contributed by atoms with Crippen molar-refractivity contribution in [3.05, 3.63) is 59.3 Å². The highest BCUT2D eigenvalue weighted by molar-refractivity contribution is 5.78. The number of amides is 1. The number of aliphatic hydroxyl groups is 1. The highest BCUT2D eigenvalue weighted by Crippen LogP contribution is 2.38. The molecule has 2 aromatic rings. The van der Waals surface area contributed by atoms with Crippen molar-refractivity contribution in [1.82, 2.24) is 15.2 Å². The summed E-state index contributed by atoms with van der Waals surface area (Å²) in [5, 5.41) is 12.9. The minimum absolute atomic E-state index is 0.0154. The molecule has 1 saturated carbocycles. The second kappa shape index (κ2) is 8.29. The molecular formula is C22H27N3O3. The lowest BCUT2D eigenvalue weighted by Crippen LogP contribution is -2.45. The Bertz CT molecular complexity index is 818. The molecule has 6 heteroatoms. The van der Waals surface area contributed by atoms with Gasteiger partial charge in [-0.15, -0.1) is 0 Å². The standard InChI is InChI=1S/C22H27N3O3/c1-28-21-7-6-16(12-23-21)22(18-10-19(26)11-18)24-20(27)14-25-9-8-15-4-2-3-5-17(15)13-25/h2-7,12,18-19,22,26H,8-11,13-14H2,1H3,(H,24,27). The van der Waals surface area contributed by atoms with Crippen LogP contribution < -0.4 is 10.1 Å². The van der Waals surface area contributed by atoms with Crippen LogP contribution in [0, 0.1) is 5.92 Å². The zero-order valence-electron chi connectivity index (χ0n) is 16.2. The summed E-state index contributed by atoms with van der Waals surface area (Å²) in [6.45, 7) is 2.07. The largest absolute Gasteiger partial charge is 0.481 e. The van der Waals surface area contributed by atoms with Crippen LogP contribution in [0.3, 0.4) is 0 Å². The number of fused-ring (bicyclic) bond motifs is 1. The molecule has 0 spiro atoms. The molecule has 1 amide bonds. The number of methoxy groups -OCH3 is 1. The van der Waals surface area contributed by atoms with Crippen molar-refractivity contribution in [2.45, 2.75) is 38.0 Å². The zero-order valence-corrected chi connectivity index (χ0v) is 16.2. The maximum Gasteiger partial charge on any atom is 0.234 e. The van der Waals surface area contributed by atoms with Gasteiger partial charge in [-0.25, -0.2) is 4.98 Å². The van der Waals surface area contributed by atoms with Gasteiger partial charge >= 0.3 is 0 Å². The van der Waals surface area contributed by atoms with Crippen LogP contribution in [0.5, 0.6) is 5.88 Å². The van der Waals surface area contributed by atoms with E-state index in [9.17, 15) is 9.90 Å². The SMILES string of the molecule is COc1ccc(C(NC(=O)CN2CCc3ccccc3C2)C2CC(O)C2)cn1. The van der Waals surface area contributed by atoms with Crippen molar-refractivity contribution in [2.75, 3.05) is 20.2 Å². The molecule has 1 fully saturated rings. The number of rotatable bonds is 6. The lowest BCUT2D eigenvalue weighted by atomic mass is 9.75. The van der Waals surface area contributed by atoms with E-state index in [1.807, 2.05) is 12.1 Å². The average molecular weight is 381 g/mol. The van der Waals surface area contributed by atoms with Crippen LogP contribution in [-0.4, -0.2) is 47.2 Å². The molecule has 0 saturated heterocycles. The first kappa shape index (κ1) is 18.9. The van der Waals surface area contributed by atoms with Gasteiger partial charge < -0.3 is 15.2 Å². The van der Waals surface area contributed by atoms with E-state index in [1.54, 1.807) is 13.3 Å². The van der Waals surface area contributed by atoms with Crippen LogP contribution >= 0.6 is 0 Å². The molecule has 0 bridgehead atoms. The number of carbonyl (C=O) groups is 1. The highest BCUT2D eigenvalue weighted by Gasteiger charge is 2.36. The monoisotopic (exact) mass is 381 g/mol. The van der Waals surface area contributed by atoms with E-state index in [-0.39, 0.29) is 24.0 Å². The lowest BCUT2D eigenvalue weighted by Gasteiger charge is -2.38. The summed E-state index contributed by atoms with van der Waals surface area (Å²) in [5.41, 5.74) is 3.64. The van der Waals surface area contributed by atoms with E-state index in [0.29, 0.717) is 25.3 Å². The predicted octanol–water partition coefficient (Wildman–Crippen LogP) is 2.08. The average Bonchev–Trinajstić information content (AvgIpc) is 2.70. The van der Waals surface area contributed by atoms with Crippen molar-refractivity contribution in [3.63, 3.8) is 0 Å². The molecule has 2 N–H and O–H groups in total. The number of pyridine rings is 1. The minimum Gasteiger partial charge on any atom is -0.481 e. The third-order valence-corrected chi connectivity index (χ3v) is 5.84. The van der Waals surface area contributed by atoms with Crippen LogP contribution in [-0.2, 0) is 17.8 Å². The van der Waals surface area contributed by atoms with Crippen LogP contribution in [0.2, 0.25) is 0 Å². The van der Waals surface area contributed by atoms with Gasteiger partial charge in [0.2, 0.25) is 11.8 Å². The van der Waals surface area contributed by atoms with Crippen LogP contribution in [0.25, 0.3) is 0 Å². The molecule has 28 heavy (non-hydrogen) atoms. The van der Waals surface area contributed by atoms with Crippen LogP contribution in [0.15, 0.2) is 42.6 Å². The van der Waals surface area contributed by atoms with Gasteiger partial charge in [0.15, 0.2) is 0 Å². The molecule has 2 heterocycles. The number of hydrogen-bond acceptors (Lipinski definition) is 5. The molecule has 2 aliphatic rings. The van der Waals surface area contributed by atoms with Gasteiger partial charge in [0, 0.05) is 25.4 Å². The molecule has 1 atom stereocenters. The van der Waals surface area contributed by atoms with E-state index in [2.05, 4.69) is 39.5 Å². The second-order valence-corrected chi connectivity index (χ2v) is 7.79. The number of carbonyl (C=O) groups excluding carboxylic acids is 1. The fraction of sp³-hybridized carbons (Fsp3) is 0.455. The Kier molecular flexibility index (Phi) is 5.59. The van der Waals surface area contributed by atoms with Gasteiger partial charge in [-0.3, -0.25) is 9.69 Å².